The molecule has 0 aliphatic carbocycles. The number of ether oxygens (including phenoxy) is 1. The molecule has 1 aromatic carbocycles. The van der Waals surface area contributed by atoms with Crippen LogP contribution in [-0.2, 0) is 11.3 Å². The van der Waals surface area contributed by atoms with Crippen LogP contribution in [0.2, 0.25) is 0 Å². The lowest BCUT2D eigenvalue weighted by Crippen LogP contribution is -3.00. The highest BCUT2D eigenvalue weighted by molar-refractivity contribution is 5.96. The maximum Gasteiger partial charge on any atom is 0.275 e. The molecule has 1 aliphatic rings. The minimum atomic E-state index is 0. The summed E-state index contributed by atoms with van der Waals surface area (Å²) in [6, 6.07) is 8.25. The normalized spacial score (nSPS) is 13.7. The van der Waals surface area contributed by atoms with Gasteiger partial charge in [0, 0.05) is 12.7 Å². The number of methoxy groups -OCH3 is 1. The third kappa shape index (κ3) is 2.38. The zero-order valence-corrected chi connectivity index (χ0v) is 10.3. The van der Waals surface area contributed by atoms with Gasteiger partial charge in [0.15, 0.2) is 0 Å². The highest BCUT2D eigenvalue weighted by Crippen LogP contribution is 2.15. The van der Waals surface area contributed by atoms with Crippen LogP contribution in [0.3, 0.4) is 0 Å². The van der Waals surface area contributed by atoms with Crippen molar-refractivity contribution >= 4 is 5.84 Å². The molecule has 15 heavy (non-hydrogen) atoms. The molecule has 0 fully saturated rings. The summed E-state index contributed by atoms with van der Waals surface area (Å²) in [5.74, 6) is 0.873. The molecule has 1 heterocycles. The molecule has 0 saturated carbocycles. The van der Waals surface area contributed by atoms with E-state index in [2.05, 4.69) is 16.7 Å². The third-order valence-corrected chi connectivity index (χ3v) is 2.56. The van der Waals surface area contributed by atoms with Crippen LogP contribution in [0.5, 0.6) is 0 Å². The highest BCUT2D eigenvalue weighted by atomic mass is 79.9. The summed E-state index contributed by atoms with van der Waals surface area (Å²) in [5.41, 5.74) is 8.49. The molecular weight excluding hydrogens is 256 g/mol. The van der Waals surface area contributed by atoms with Gasteiger partial charge in [-0.25, -0.2) is 0 Å². The Balaban J connectivity index is 0.00000112. The molecule has 1 aromatic rings. The van der Waals surface area contributed by atoms with Crippen molar-refractivity contribution < 1.29 is 26.3 Å². The quantitative estimate of drug-likeness (QED) is 0.621. The van der Waals surface area contributed by atoms with Crippen molar-refractivity contribution in [3.63, 3.8) is 0 Å². The van der Waals surface area contributed by atoms with E-state index in [9.17, 15) is 0 Å². The van der Waals surface area contributed by atoms with Crippen LogP contribution in [0.15, 0.2) is 24.3 Å². The van der Waals surface area contributed by atoms with Gasteiger partial charge in [0.2, 0.25) is 0 Å². The number of nitrogens with two attached hydrogens (primary N) is 1. The van der Waals surface area contributed by atoms with Crippen molar-refractivity contribution in [1.29, 1.82) is 0 Å². The zero-order valence-electron chi connectivity index (χ0n) is 8.74. The molecule has 0 aromatic heterocycles. The molecule has 1 aliphatic heterocycles. The van der Waals surface area contributed by atoms with Crippen LogP contribution in [0.4, 0.5) is 0 Å². The zero-order chi connectivity index (χ0) is 9.97. The number of nitrogens with zero attached hydrogens (tertiary/aromatic N) is 1. The van der Waals surface area contributed by atoms with E-state index in [1.807, 2.05) is 12.1 Å². The summed E-state index contributed by atoms with van der Waals surface area (Å²) in [4.78, 5) is 0. The van der Waals surface area contributed by atoms with E-state index in [4.69, 9.17) is 10.5 Å². The number of rotatable bonds is 3. The largest absolute Gasteiger partial charge is 1.00 e. The Morgan fingerprint density at radius 1 is 1.40 bits per heavy atom. The fourth-order valence-electron chi connectivity index (χ4n) is 1.77. The van der Waals surface area contributed by atoms with Crippen molar-refractivity contribution in [2.24, 2.45) is 5.73 Å². The first kappa shape index (κ1) is 12.2. The molecule has 0 bridgehead atoms. The van der Waals surface area contributed by atoms with Gasteiger partial charge < -0.3 is 21.7 Å². The molecule has 2 N–H and O–H groups in total. The summed E-state index contributed by atoms with van der Waals surface area (Å²) in [5, 5.41) is 0. The predicted octanol–water partition coefficient (Wildman–Crippen LogP) is -2.43. The van der Waals surface area contributed by atoms with Crippen molar-refractivity contribution in [3.8, 4) is 0 Å². The van der Waals surface area contributed by atoms with E-state index in [0.717, 1.165) is 18.9 Å². The number of halogens is 1. The topological polar surface area (TPSA) is 38.3 Å². The number of fused-ring (bicyclic) bond motifs is 1. The molecule has 0 atom stereocenters. The SMILES string of the molecule is COCC[N+]1=C(N)c2ccccc2C1.[Br-]. The second-order valence-corrected chi connectivity index (χ2v) is 3.46. The average Bonchev–Trinajstić information content (AvgIpc) is 2.54. The number of amidine groups is 1. The number of benzene rings is 1. The van der Waals surface area contributed by atoms with Crippen LogP contribution in [0.25, 0.3) is 0 Å². The van der Waals surface area contributed by atoms with Crippen LogP contribution in [0, 0.1) is 0 Å². The minimum absolute atomic E-state index is 0. The smallest absolute Gasteiger partial charge is 0.275 e. The van der Waals surface area contributed by atoms with E-state index in [-0.39, 0.29) is 17.0 Å². The lowest BCUT2D eigenvalue weighted by Gasteiger charge is -2.00. The maximum atomic E-state index is 6.02. The average molecular weight is 271 g/mol. The molecule has 0 unspecified atom stereocenters. The fourth-order valence-corrected chi connectivity index (χ4v) is 1.77. The van der Waals surface area contributed by atoms with E-state index < -0.39 is 0 Å². The van der Waals surface area contributed by atoms with Crippen LogP contribution < -0.4 is 22.7 Å². The Morgan fingerprint density at radius 3 is 2.80 bits per heavy atom. The first-order valence-corrected chi connectivity index (χ1v) is 4.77. The molecule has 82 valence electrons. The van der Waals surface area contributed by atoms with Crippen molar-refractivity contribution in [3.05, 3.63) is 35.4 Å². The third-order valence-electron chi connectivity index (χ3n) is 2.56. The van der Waals surface area contributed by atoms with Gasteiger partial charge in [-0.05, 0) is 6.07 Å². The van der Waals surface area contributed by atoms with Gasteiger partial charge in [-0.3, -0.25) is 10.3 Å². The Kier molecular flexibility index (Phi) is 4.29. The van der Waals surface area contributed by atoms with Crippen molar-refractivity contribution in [2.45, 2.75) is 6.54 Å². The van der Waals surface area contributed by atoms with Crippen LogP contribution in [0.1, 0.15) is 11.1 Å². The molecular formula is C11H15BrN2O. The summed E-state index contributed by atoms with van der Waals surface area (Å²) >= 11 is 0. The lowest BCUT2D eigenvalue weighted by atomic mass is 10.1. The minimum Gasteiger partial charge on any atom is -1.00 e. The van der Waals surface area contributed by atoms with Crippen LogP contribution >= 0.6 is 0 Å². The summed E-state index contributed by atoms with van der Waals surface area (Å²) < 4.78 is 7.19. The molecule has 0 spiro atoms. The fraction of sp³-hybridized carbons (Fsp3) is 0.364. The van der Waals surface area contributed by atoms with E-state index in [1.54, 1.807) is 7.11 Å². The second kappa shape index (κ2) is 5.28. The number of hydrogen-bond acceptors (Lipinski definition) is 2. The number of hydrogen-bond donors (Lipinski definition) is 1. The Hall–Kier alpha value is -0.870. The Labute approximate surface area is 100 Å². The maximum absolute atomic E-state index is 6.02. The molecule has 4 heteroatoms. The van der Waals surface area contributed by atoms with E-state index in [0.29, 0.717) is 6.61 Å². The molecule has 3 nitrogen and oxygen atoms in total. The first-order chi connectivity index (χ1) is 6.83. The monoisotopic (exact) mass is 270 g/mol. The second-order valence-electron chi connectivity index (χ2n) is 3.46. The van der Waals surface area contributed by atoms with E-state index in [1.165, 1.54) is 11.1 Å². The van der Waals surface area contributed by atoms with Gasteiger partial charge in [-0.1, -0.05) is 18.2 Å². The predicted molar refractivity (Wildman–Crippen MR) is 55.4 cm³/mol. The van der Waals surface area contributed by atoms with Crippen molar-refractivity contribution in [2.75, 3.05) is 20.3 Å². The van der Waals surface area contributed by atoms with Gasteiger partial charge in [-0.15, -0.1) is 0 Å². The first-order valence-electron chi connectivity index (χ1n) is 4.77. The Morgan fingerprint density at radius 2 is 2.13 bits per heavy atom. The van der Waals surface area contributed by atoms with Crippen LogP contribution in [-0.4, -0.2) is 30.7 Å². The summed E-state index contributed by atoms with van der Waals surface area (Å²) in [6.07, 6.45) is 0. The standard InChI is InChI=1S/C11H14N2O.BrH/c1-14-7-6-13-8-9-4-2-3-5-10(9)11(13)12;/h2-5,12H,6-8H2,1H3;1H. The van der Waals surface area contributed by atoms with Gasteiger partial charge in [0.05, 0.1) is 12.2 Å². The van der Waals surface area contributed by atoms with Gasteiger partial charge in [0.25, 0.3) is 5.84 Å². The van der Waals surface area contributed by atoms with Crippen molar-refractivity contribution in [1.82, 2.24) is 0 Å². The highest BCUT2D eigenvalue weighted by Gasteiger charge is 2.23. The molecule has 2 rings (SSSR count). The summed E-state index contributed by atoms with van der Waals surface area (Å²) in [7, 11) is 1.71. The molecule has 0 amide bonds. The molecule has 0 radical (unpaired) electrons. The van der Waals surface area contributed by atoms with Gasteiger partial charge in [-0.2, -0.15) is 0 Å². The van der Waals surface area contributed by atoms with E-state index >= 15 is 0 Å². The van der Waals surface area contributed by atoms with Gasteiger partial charge in [0.1, 0.15) is 13.1 Å². The Bertz CT molecular complexity index is 377. The van der Waals surface area contributed by atoms with Gasteiger partial charge >= 0.3 is 0 Å². The molecule has 0 saturated heterocycles. The summed E-state index contributed by atoms with van der Waals surface area (Å²) in [6.45, 7) is 2.48. The lowest BCUT2D eigenvalue weighted by molar-refractivity contribution is -0.542.